The first-order chi connectivity index (χ1) is 13.3. The fraction of sp³-hybridized carbons (Fsp3) is 0.227. The van der Waals surface area contributed by atoms with E-state index in [9.17, 15) is 13.2 Å². The van der Waals surface area contributed by atoms with Crippen LogP contribution in [-0.4, -0.2) is 20.1 Å². The second-order valence-corrected chi connectivity index (χ2v) is 7.06. The topological polar surface area (TPSA) is 30.3 Å². The van der Waals surface area contributed by atoms with Crippen molar-refractivity contribution in [2.24, 2.45) is 0 Å². The largest absolute Gasteiger partial charge is 0.416 e. The number of hydrogen-bond acceptors (Lipinski definition) is 1. The van der Waals surface area contributed by atoms with E-state index in [0.717, 1.165) is 30.7 Å². The summed E-state index contributed by atoms with van der Waals surface area (Å²) in [6.45, 7) is 0. The van der Waals surface area contributed by atoms with Crippen LogP contribution in [-0.2, 0) is 19.0 Å². The van der Waals surface area contributed by atoms with Gasteiger partial charge in [0.15, 0.2) is 0 Å². The molecule has 3 aromatic rings. The third-order valence-corrected chi connectivity index (χ3v) is 5.44. The molecule has 0 saturated heterocycles. The fourth-order valence-corrected chi connectivity index (χ4v) is 3.90. The number of benzene rings is 3. The fourth-order valence-electron chi connectivity index (χ4n) is 3.90. The van der Waals surface area contributed by atoms with Crippen LogP contribution < -0.4 is 9.80 Å². The Kier molecular flexibility index (Phi) is 4.29. The lowest BCUT2D eigenvalue weighted by molar-refractivity contribution is -0.137. The molecule has 1 N–H and O–H groups in total. The molecule has 28 heavy (non-hydrogen) atoms. The maximum atomic E-state index is 12.8. The number of guanidine groups is 1. The van der Waals surface area contributed by atoms with E-state index >= 15 is 0 Å². The van der Waals surface area contributed by atoms with E-state index in [1.54, 1.807) is 16.8 Å². The molecule has 6 heteroatoms. The zero-order valence-corrected chi connectivity index (χ0v) is 15.6. The molecule has 0 bridgehead atoms. The average molecular weight is 383 g/mol. The first-order valence-corrected chi connectivity index (χ1v) is 9.04. The number of hydrogen-bond donors (Lipinski definition) is 1. The predicted octanol–water partition coefficient (Wildman–Crippen LogP) is 5.46. The molecule has 0 heterocycles. The lowest BCUT2D eigenvalue weighted by atomic mass is 10.0. The number of anilines is 2. The molecular formula is C22H20F3N3. The number of halogens is 3. The van der Waals surface area contributed by atoms with Crippen LogP contribution in [0.3, 0.4) is 0 Å². The Bertz CT molecular complexity index is 1060. The highest BCUT2D eigenvalue weighted by atomic mass is 19.4. The molecule has 0 spiro atoms. The number of aryl methyl sites for hydroxylation is 2. The van der Waals surface area contributed by atoms with Crippen LogP contribution in [0, 0.1) is 5.41 Å². The molecule has 3 aromatic carbocycles. The maximum absolute atomic E-state index is 12.8. The highest BCUT2D eigenvalue weighted by Gasteiger charge is 2.30. The zero-order valence-electron chi connectivity index (χ0n) is 15.6. The molecular weight excluding hydrogens is 363 g/mol. The van der Waals surface area contributed by atoms with Crippen molar-refractivity contribution in [1.29, 1.82) is 5.41 Å². The summed E-state index contributed by atoms with van der Waals surface area (Å²) in [6, 6.07) is 15.2. The van der Waals surface area contributed by atoms with E-state index in [4.69, 9.17) is 5.41 Å². The van der Waals surface area contributed by atoms with Crippen LogP contribution in [0.1, 0.15) is 16.7 Å². The number of rotatable bonds is 2. The van der Waals surface area contributed by atoms with Crippen molar-refractivity contribution in [2.75, 3.05) is 23.9 Å². The molecule has 0 unspecified atom stereocenters. The second kappa shape index (κ2) is 6.55. The minimum Gasteiger partial charge on any atom is -0.316 e. The Morgan fingerprint density at radius 3 is 2.29 bits per heavy atom. The van der Waals surface area contributed by atoms with Gasteiger partial charge in [0.1, 0.15) is 0 Å². The summed E-state index contributed by atoms with van der Waals surface area (Å²) in [6.07, 6.45) is -2.46. The molecule has 1 aliphatic rings. The van der Waals surface area contributed by atoms with E-state index in [0.29, 0.717) is 5.69 Å². The monoisotopic (exact) mass is 383 g/mol. The van der Waals surface area contributed by atoms with Crippen molar-refractivity contribution in [3.63, 3.8) is 0 Å². The minimum atomic E-state index is -4.37. The summed E-state index contributed by atoms with van der Waals surface area (Å²) in [5.74, 6) is 0.194. The van der Waals surface area contributed by atoms with Gasteiger partial charge in [0, 0.05) is 25.5 Å². The smallest absolute Gasteiger partial charge is 0.316 e. The van der Waals surface area contributed by atoms with Gasteiger partial charge in [0.05, 0.1) is 5.56 Å². The van der Waals surface area contributed by atoms with Crippen LogP contribution in [0.5, 0.6) is 0 Å². The molecule has 0 saturated carbocycles. The predicted molar refractivity (Wildman–Crippen MR) is 107 cm³/mol. The zero-order chi connectivity index (χ0) is 20.1. The summed E-state index contributed by atoms with van der Waals surface area (Å²) in [4.78, 5) is 3.37. The van der Waals surface area contributed by atoms with Crippen LogP contribution in [0.2, 0.25) is 0 Å². The third kappa shape index (κ3) is 2.99. The molecule has 0 aromatic heterocycles. The summed E-state index contributed by atoms with van der Waals surface area (Å²) in [5.41, 5.74) is 3.34. The molecule has 0 radical (unpaired) electrons. The van der Waals surface area contributed by atoms with Gasteiger partial charge in [-0.25, -0.2) is 0 Å². The average Bonchev–Trinajstić information content (AvgIpc) is 3.12. The number of alkyl halides is 3. The SMILES string of the molecule is CN(C(=N)N(C)c1ccc2cccc3c2c1CC3)c1ccc(C(F)(F)F)cc1. The molecule has 0 fully saturated rings. The molecule has 0 aliphatic heterocycles. The minimum absolute atomic E-state index is 0.194. The highest BCUT2D eigenvalue weighted by molar-refractivity contribution is 6.07. The Hall–Kier alpha value is -3.02. The van der Waals surface area contributed by atoms with E-state index in [1.165, 1.54) is 34.0 Å². The van der Waals surface area contributed by atoms with Gasteiger partial charge in [-0.1, -0.05) is 24.3 Å². The van der Waals surface area contributed by atoms with E-state index in [-0.39, 0.29) is 5.96 Å². The summed E-state index contributed by atoms with van der Waals surface area (Å²) in [5, 5.41) is 11.0. The molecule has 0 amide bonds. The van der Waals surface area contributed by atoms with Gasteiger partial charge in [-0.15, -0.1) is 0 Å². The van der Waals surface area contributed by atoms with Gasteiger partial charge < -0.3 is 9.80 Å². The van der Waals surface area contributed by atoms with Gasteiger partial charge in [-0.2, -0.15) is 13.2 Å². The lowest BCUT2D eigenvalue weighted by Gasteiger charge is -2.29. The first kappa shape index (κ1) is 18.3. The van der Waals surface area contributed by atoms with E-state index in [1.807, 2.05) is 13.1 Å². The van der Waals surface area contributed by atoms with Crippen LogP contribution >= 0.6 is 0 Å². The Morgan fingerprint density at radius 1 is 0.893 bits per heavy atom. The Labute approximate surface area is 161 Å². The Morgan fingerprint density at radius 2 is 1.61 bits per heavy atom. The standard InChI is InChI=1S/C22H20F3N3/c1-27(17-10-8-16(9-11-17)22(23,24)25)21(26)28(2)19-13-7-15-5-3-4-14-6-12-18(19)20(14)15/h3-5,7-11,13,26H,6,12H2,1-2H3. The Balaban J connectivity index is 1.63. The van der Waals surface area contributed by atoms with Crippen LogP contribution in [0.15, 0.2) is 54.6 Å². The maximum Gasteiger partial charge on any atom is 0.416 e. The lowest BCUT2D eigenvalue weighted by Crippen LogP contribution is -2.40. The number of nitrogens with zero attached hydrogens (tertiary/aromatic N) is 2. The molecule has 0 atom stereocenters. The van der Waals surface area contributed by atoms with E-state index in [2.05, 4.69) is 24.3 Å². The molecule has 3 nitrogen and oxygen atoms in total. The van der Waals surface area contributed by atoms with Crippen molar-refractivity contribution < 1.29 is 13.2 Å². The van der Waals surface area contributed by atoms with Gasteiger partial charge in [0.2, 0.25) is 5.96 Å². The summed E-state index contributed by atoms with van der Waals surface area (Å²) in [7, 11) is 3.51. The van der Waals surface area contributed by atoms with Crippen LogP contribution in [0.4, 0.5) is 24.5 Å². The van der Waals surface area contributed by atoms with Crippen molar-refractivity contribution in [3.8, 4) is 0 Å². The molecule has 1 aliphatic carbocycles. The van der Waals surface area contributed by atoms with Gasteiger partial charge in [-0.05, 0) is 65.1 Å². The highest BCUT2D eigenvalue weighted by Crippen LogP contribution is 2.37. The molecule has 144 valence electrons. The summed E-state index contributed by atoms with van der Waals surface area (Å²) >= 11 is 0. The first-order valence-electron chi connectivity index (χ1n) is 9.04. The van der Waals surface area contributed by atoms with E-state index < -0.39 is 11.7 Å². The van der Waals surface area contributed by atoms with Crippen molar-refractivity contribution in [1.82, 2.24) is 0 Å². The quantitative estimate of drug-likeness (QED) is 0.470. The van der Waals surface area contributed by atoms with Gasteiger partial charge in [0.25, 0.3) is 0 Å². The van der Waals surface area contributed by atoms with Gasteiger partial charge in [-0.3, -0.25) is 5.41 Å². The van der Waals surface area contributed by atoms with Gasteiger partial charge >= 0.3 is 6.18 Å². The molecule has 4 rings (SSSR count). The second-order valence-electron chi connectivity index (χ2n) is 7.06. The van der Waals surface area contributed by atoms with Crippen molar-refractivity contribution in [2.45, 2.75) is 19.0 Å². The summed E-state index contributed by atoms with van der Waals surface area (Å²) < 4.78 is 38.3. The third-order valence-electron chi connectivity index (χ3n) is 5.44. The van der Waals surface area contributed by atoms with Crippen LogP contribution in [0.25, 0.3) is 10.8 Å². The number of nitrogens with one attached hydrogen (secondary N) is 1. The normalized spacial score (nSPS) is 13.0. The van der Waals surface area contributed by atoms with Crippen molar-refractivity contribution >= 4 is 28.1 Å². The van der Waals surface area contributed by atoms with Crippen molar-refractivity contribution in [3.05, 3.63) is 71.3 Å².